The molecule has 0 spiro atoms. The molecule has 0 radical (unpaired) electrons. The Labute approximate surface area is 106 Å². The van der Waals surface area contributed by atoms with Crippen LogP contribution in [0.15, 0.2) is 0 Å². The molecule has 0 amide bonds. The lowest BCUT2D eigenvalue weighted by atomic mass is 10.1. The summed E-state index contributed by atoms with van der Waals surface area (Å²) < 4.78 is 5.78. The van der Waals surface area contributed by atoms with Crippen LogP contribution in [-0.2, 0) is 4.74 Å². The zero-order chi connectivity index (χ0) is 12.3. The zero-order valence-corrected chi connectivity index (χ0v) is 11.6. The fraction of sp³-hybridized carbons (Fsp3) is 1.00. The van der Waals surface area contributed by atoms with Crippen LogP contribution in [0, 0.1) is 0 Å². The van der Waals surface area contributed by atoms with Crippen molar-refractivity contribution in [1.29, 1.82) is 0 Å². The maximum absolute atomic E-state index is 5.78. The molecule has 2 fully saturated rings. The van der Waals surface area contributed by atoms with E-state index in [1.165, 1.54) is 25.7 Å². The molecule has 3 heteroatoms. The van der Waals surface area contributed by atoms with Gasteiger partial charge >= 0.3 is 0 Å². The first kappa shape index (κ1) is 13.3. The molecule has 3 nitrogen and oxygen atoms in total. The Morgan fingerprint density at radius 2 is 1.76 bits per heavy atom. The van der Waals surface area contributed by atoms with Crippen molar-refractivity contribution in [2.75, 3.05) is 19.6 Å². The van der Waals surface area contributed by atoms with Gasteiger partial charge < -0.3 is 10.1 Å². The molecule has 3 atom stereocenters. The van der Waals surface area contributed by atoms with Crippen LogP contribution in [0.3, 0.4) is 0 Å². The van der Waals surface area contributed by atoms with Gasteiger partial charge in [-0.15, -0.1) is 0 Å². The Bertz CT molecular complexity index is 218. The fourth-order valence-electron chi connectivity index (χ4n) is 3.17. The van der Waals surface area contributed by atoms with Crippen molar-refractivity contribution in [2.45, 2.75) is 70.7 Å². The highest BCUT2D eigenvalue weighted by Gasteiger charge is 2.26. The first-order valence-corrected chi connectivity index (χ1v) is 7.28. The van der Waals surface area contributed by atoms with Crippen molar-refractivity contribution >= 4 is 0 Å². The van der Waals surface area contributed by atoms with Crippen molar-refractivity contribution in [3.8, 4) is 0 Å². The number of rotatable bonds is 4. The summed E-state index contributed by atoms with van der Waals surface area (Å²) in [6, 6.07) is 1.41. The number of morpholine rings is 1. The highest BCUT2D eigenvalue weighted by molar-refractivity contribution is 4.81. The minimum Gasteiger partial charge on any atom is -0.373 e. The second-order valence-corrected chi connectivity index (χ2v) is 5.95. The molecule has 2 aliphatic rings. The average molecular weight is 240 g/mol. The average Bonchev–Trinajstić information content (AvgIpc) is 2.77. The molecule has 0 aromatic carbocycles. The summed E-state index contributed by atoms with van der Waals surface area (Å²) in [6.07, 6.45) is 6.35. The van der Waals surface area contributed by atoms with Gasteiger partial charge in [-0.3, -0.25) is 4.90 Å². The predicted octanol–water partition coefficient (Wildman–Crippen LogP) is 2.02. The van der Waals surface area contributed by atoms with E-state index in [1.54, 1.807) is 0 Å². The van der Waals surface area contributed by atoms with E-state index in [4.69, 9.17) is 4.74 Å². The molecule has 0 bridgehead atoms. The summed E-state index contributed by atoms with van der Waals surface area (Å²) in [6.45, 7) is 9.99. The number of nitrogens with one attached hydrogen (secondary N) is 1. The lowest BCUT2D eigenvalue weighted by Gasteiger charge is -2.39. The van der Waals surface area contributed by atoms with Crippen LogP contribution in [0.1, 0.15) is 46.5 Å². The van der Waals surface area contributed by atoms with Crippen molar-refractivity contribution in [1.82, 2.24) is 10.2 Å². The van der Waals surface area contributed by atoms with Crippen molar-refractivity contribution in [3.05, 3.63) is 0 Å². The molecule has 1 saturated heterocycles. The van der Waals surface area contributed by atoms with E-state index < -0.39 is 0 Å². The van der Waals surface area contributed by atoms with E-state index in [-0.39, 0.29) is 0 Å². The third-order valence-corrected chi connectivity index (χ3v) is 4.13. The monoisotopic (exact) mass is 240 g/mol. The highest BCUT2D eigenvalue weighted by Crippen LogP contribution is 2.18. The molecule has 1 heterocycles. The maximum atomic E-state index is 5.78. The van der Waals surface area contributed by atoms with E-state index in [0.717, 1.165) is 25.7 Å². The summed E-state index contributed by atoms with van der Waals surface area (Å²) in [5, 5.41) is 3.73. The van der Waals surface area contributed by atoms with Crippen LogP contribution in [-0.4, -0.2) is 48.8 Å². The minimum absolute atomic E-state index is 0.382. The summed E-state index contributed by atoms with van der Waals surface area (Å²) in [4.78, 5) is 2.57. The van der Waals surface area contributed by atoms with Crippen molar-refractivity contribution in [2.24, 2.45) is 0 Å². The third kappa shape index (κ3) is 3.94. The van der Waals surface area contributed by atoms with E-state index in [0.29, 0.717) is 18.2 Å². The van der Waals surface area contributed by atoms with Gasteiger partial charge in [0.25, 0.3) is 0 Å². The summed E-state index contributed by atoms with van der Waals surface area (Å²) in [7, 11) is 0. The fourth-order valence-corrected chi connectivity index (χ4v) is 3.17. The standard InChI is InChI=1S/C14H28N2O/c1-11(8-15-14-6-4-5-7-14)16-9-12(2)17-13(3)10-16/h11-15H,4-10H2,1-3H3. The van der Waals surface area contributed by atoms with Crippen molar-refractivity contribution in [3.63, 3.8) is 0 Å². The normalized spacial score (nSPS) is 34.1. The van der Waals surface area contributed by atoms with Crippen LogP contribution >= 0.6 is 0 Å². The molecular formula is C14H28N2O. The molecule has 0 aromatic heterocycles. The third-order valence-electron chi connectivity index (χ3n) is 4.13. The Balaban J connectivity index is 1.72. The van der Waals surface area contributed by atoms with Gasteiger partial charge in [-0.05, 0) is 33.6 Å². The summed E-state index contributed by atoms with van der Waals surface area (Å²) >= 11 is 0. The molecule has 100 valence electrons. The summed E-state index contributed by atoms with van der Waals surface area (Å²) in [5.74, 6) is 0. The minimum atomic E-state index is 0.382. The van der Waals surface area contributed by atoms with Gasteiger partial charge in [0.1, 0.15) is 0 Å². The second-order valence-electron chi connectivity index (χ2n) is 5.95. The first-order valence-electron chi connectivity index (χ1n) is 7.28. The molecular weight excluding hydrogens is 212 g/mol. The predicted molar refractivity (Wildman–Crippen MR) is 71.3 cm³/mol. The highest BCUT2D eigenvalue weighted by atomic mass is 16.5. The van der Waals surface area contributed by atoms with Gasteiger partial charge in [-0.2, -0.15) is 0 Å². The van der Waals surface area contributed by atoms with Gasteiger partial charge in [0.2, 0.25) is 0 Å². The first-order chi connectivity index (χ1) is 8.15. The maximum Gasteiger partial charge on any atom is 0.0678 e. The van der Waals surface area contributed by atoms with Gasteiger partial charge in [0.05, 0.1) is 12.2 Å². The Kier molecular flexibility index (Phi) is 4.83. The Morgan fingerprint density at radius 3 is 2.35 bits per heavy atom. The van der Waals surface area contributed by atoms with E-state index in [9.17, 15) is 0 Å². The lowest BCUT2D eigenvalue weighted by molar-refractivity contribution is -0.0782. The van der Waals surface area contributed by atoms with Gasteiger partial charge in [-0.1, -0.05) is 12.8 Å². The Hall–Kier alpha value is -0.120. The van der Waals surface area contributed by atoms with Crippen LogP contribution in [0.25, 0.3) is 0 Å². The number of ether oxygens (including phenoxy) is 1. The van der Waals surface area contributed by atoms with Crippen LogP contribution in [0.4, 0.5) is 0 Å². The largest absolute Gasteiger partial charge is 0.373 e. The van der Waals surface area contributed by atoms with E-state index in [1.807, 2.05) is 0 Å². The number of nitrogens with zero attached hydrogens (tertiary/aromatic N) is 1. The van der Waals surface area contributed by atoms with E-state index in [2.05, 4.69) is 31.0 Å². The van der Waals surface area contributed by atoms with Gasteiger partial charge in [0.15, 0.2) is 0 Å². The van der Waals surface area contributed by atoms with Crippen LogP contribution in [0.2, 0.25) is 0 Å². The second kappa shape index (κ2) is 6.17. The number of hydrogen-bond donors (Lipinski definition) is 1. The lowest BCUT2D eigenvalue weighted by Crippen LogP contribution is -2.52. The van der Waals surface area contributed by atoms with Gasteiger partial charge in [0, 0.05) is 31.7 Å². The molecule has 3 unspecified atom stereocenters. The van der Waals surface area contributed by atoms with Crippen LogP contribution in [0.5, 0.6) is 0 Å². The molecule has 1 aliphatic carbocycles. The molecule has 2 rings (SSSR count). The molecule has 17 heavy (non-hydrogen) atoms. The number of hydrogen-bond acceptors (Lipinski definition) is 3. The molecule has 1 aliphatic heterocycles. The topological polar surface area (TPSA) is 24.5 Å². The molecule has 0 aromatic rings. The van der Waals surface area contributed by atoms with E-state index >= 15 is 0 Å². The molecule has 1 saturated carbocycles. The smallest absolute Gasteiger partial charge is 0.0678 e. The van der Waals surface area contributed by atoms with Crippen molar-refractivity contribution < 1.29 is 4.74 Å². The summed E-state index contributed by atoms with van der Waals surface area (Å²) in [5.41, 5.74) is 0. The quantitative estimate of drug-likeness (QED) is 0.813. The van der Waals surface area contributed by atoms with Gasteiger partial charge in [-0.25, -0.2) is 0 Å². The molecule has 1 N–H and O–H groups in total. The Morgan fingerprint density at radius 1 is 1.18 bits per heavy atom. The van der Waals surface area contributed by atoms with Crippen LogP contribution < -0.4 is 5.32 Å². The zero-order valence-electron chi connectivity index (χ0n) is 11.6. The SMILES string of the molecule is CC1CN(C(C)CNC2CCCC2)CC(C)O1.